The Morgan fingerprint density at radius 3 is 2.14 bits per heavy atom. The van der Waals surface area contributed by atoms with Crippen LogP contribution < -0.4 is 15.4 Å². The van der Waals surface area contributed by atoms with E-state index in [0.717, 1.165) is 0 Å². The molecule has 3 atom stereocenters. The predicted octanol–water partition coefficient (Wildman–Crippen LogP) is 5.26. The van der Waals surface area contributed by atoms with Crippen LogP contribution in [0.4, 0.5) is 25.0 Å². The lowest BCUT2D eigenvalue weighted by molar-refractivity contribution is 0.0111. The van der Waals surface area contributed by atoms with Gasteiger partial charge < -0.3 is 29.9 Å². The molecule has 3 aromatic rings. The summed E-state index contributed by atoms with van der Waals surface area (Å²) in [7, 11) is 3.20. The highest BCUT2D eigenvalue weighted by Crippen LogP contribution is 2.27. The molecule has 0 aromatic heterocycles. The fourth-order valence-corrected chi connectivity index (χ4v) is 4.72. The van der Waals surface area contributed by atoms with Gasteiger partial charge in [0, 0.05) is 50.1 Å². The van der Waals surface area contributed by atoms with Crippen molar-refractivity contribution in [1.29, 1.82) is 0 Å². The Balaban J connectivity index is 1.60. The Bertz CT molecular complexity index is 1420. The van der Waals surface area contributed by atoms with Gasteiger partial charge in [0.2, 0.25) is 0 Å². The van der Waals surface area contributed by atoms with Gasteiger partial charge in [0.15, 0.2) is 0 Å². The van der Waals surface area contributed by atoms with Crippen LogP contribution in [0.2, 0.25) is 0 Å². The molecule has 4 rings (SSSR count). The second kappa shape index (κ2) is 13.4. The number of hydrogen-bond acceptors (Lipinski definition) is 5. The van der Waals surface area contributed by atoms with E-state index in [4.69, 9.17) is 9.47 Å². The molecule has 2 N–H and O–H groups in total. The average Bonchev–Trinajstić information content (AvgIpc) is 2.97. The van der Waals surface area contributed by atoms with Gasteiger partial charge in [0.1, 0.15) is 24.0 Å². The first-order chi connectivity index (χ1) is 20.0. The second-order valence-electron chi connectivity index (χ2n) is 10.4. The number of rotatable bonds is 4. The number of fused-ring (bicyclic) bond motifs is 1. The van der Waals surface area contributed by atoms with Crippen LogP contribution >= 0.6 is 0 Å². The molecule has 0 unspecified atom stereocenters. The highest BCUT2D eigenvalue weighted by atomic mass is 19.1. The van der Waals surface area contributed by atoms with E-state index in [9.17, 15) is 23.2 Å². The van der Waals surface area contributed by atoms with Crippen LogP contribution in [0.3, 0.4) is 0 Å². The number of benzene rings is 3. The van der Waals surface area contributed by atoms with Gasteiger partial charge >= 0.3 is 6.03 Å². The van der Waals surface area contributed by atoms with Crippen molar-refractivity contribution in [3.8, 4) is 5.75 Å². The van der Waals surface area contributed by atoms with E-state index in [-0.39, 0.29) is 42.2 Å². The van der Waals surface area contributed by atoms with Gasteiger partial charge in [-0.05, 0) is 73.7 Å². The molecule has 1 aliphatic rings. The second-order valence-corrected chi connectivity index (χ2v) is 10.4. The minimum absolute atomic E-state index is 0.0686. The summed E-state index contributed by atoms with van der Waals surface area (Å²) in [4.78, 5) is 42.8. The number of ether oxygens (including phenoxy) is 2. The molecular formula is C31H34F2N4O5. The van der Waals surface area contributed by atoms with Crippen LogP contribution in [0.25, 0.3) is 0 Å². The average molecular weight is 581 g/mol. The fraction of sp³-hybridized carbons (Fsp3) is 0.323. The standard InChI is InChI=1S/C31H34F2N4O5/c1-19-16-37(29(38)21-5-7-22(32)8-6-21)20(2)18-42-27-14-13-25(15-26(27)30(39)36(3)17-28(19)41-4)35-31(40)34-24-11-9-23(33)10-12-24/h5-15,19-20,28H,16-18H2,1-4H3,(H2,34,35,40)/t19-,20-,28-/m1/s1. The van der Waals surface area contributed by atoms with Crippen molar-refractivity contribution in [2.45, 2.75) is 26.0 Å². The molecular weight excluding hydrogens is 546 g/mol. The smallest absolute Gasteiger partial charge is 0.323 e. The summed E-state index contributed by atoms with van der Waals surface area (Å²) in [5.41, 5.74) is 1.29. The largest absolute Gasteiger partial charge is 0.491 e. The Morgan fingerprint density at radius 2 is 1.50 bits per heavy atom. The van der Waals surface area contributed by atoms with E-state index in [0.29, 0.717) is 23.5 Å². The maximum Gasteiger partial charge on any atom is 0.323 e. The van der Waals surface area contributed by atoms with Crippen LogP contribution in [0.5, 0.6) is 5.75 Å². The molecule has 222 valence electrons. The number of halogens is 2. The van der Waals surface area contributed by atoms with Crippen molar-refractivity contribution in [3.63, 3.8) is 0 Å². The van der Waals surface area contributed by atoms with Crippen LogP contribution in [0.15, 0.2) is 66.7 Å². The van der Waals surface area contributed by atoms with E-state index in [1.165, 1.54) is 59.5 Å². The van der Waals surface area contributed by atoms with Crippen molar-refractivity contribution in [1.82, 2.24) is 9.80 Å². The van der Waals surface area contributed by atoms with E-state index in [2.05, 4.69) is 10.6 Å². The van der Waals surface area contributed by atoms with Gasteiger partial charge in [0.25, 0.3) is 11.8 Å². The molecule has 42 heavy (non-hydrogen) atoms. The summed E-state index contributed by atoms with van der Waals surface area (Å²) in [6.07, 6.45) is -0.402. The molecule has 1 aliphatic heterocycles. The Labute approximate surface area is 243 Å². The van der Waals surface area contributed by atoms with Crippen molar-refractivity contribution >= 4 is 29.2 Å². The number of anilines is 2. The predicted molar refractivity (Wildman–Crippen MR) is 155 cm³/mol. The number of nitrogens with zero attached hydrogens (tertiary/aromatic N) is 2. The number of hydrogen-bond donors (Lipinski definition) is 2. The number of nitrogens with one attached hydrogen (secondary N) is 2. The molecule has 0 spiro atoms. The van der Waals surface area contributed by atoms with Gasteiger partial charge in [-0.1, -0.05) is 6.92 Å². The van der Waals surface area contributed by atoms with Gasteiger partial charge in [0.05, 0.1) is 17.7 Å². The molecule has 0 saturated heterocycles. The number of methoxy groups -OCH3 is 1. The van der Waals surface area contributed by atoms with Crippen LogP contribution in [-0.4, -0.2) is 73.6 Å². The van der Waals surface area contributed by atoms with Crippen molar-refractivity contribution in [3.05, 3.63) is 89.5 Å². The quantitative estimate of drug-likeness (QED) is 0.439. The first-order valence-corrected chi connectivity index (χ1v) is 13.5. The zero-order valence-electron chi connectivity index (χ0n) is 23.9. The van der Waals surface area contributed by atoms with Gasteiger partial charge in [-0.2, -0.15) is 0 Å². The monoisotopic (exact) mass is 580 g/mol. The lowest BCUT2D eigenvalue weighted by Gasteiger charge is -2.36. The molecule has 0 saturated carbocycles. The Morgan fingerprint density at radius 1 is 0.905 bits per heavy atom. The summed E-state index contributed by atoms with van der Waals surface area (Å²) in [6, 6.07) is 14.4. The lowest BCUT2D eigenvalue weighted by atomic mass is 10.0. The maximum absolute atomic E-state index is 13.6. The summed E-state index contributed by atoms with van der Waals surface area (Å²) in [5.74, 6) is -1.36. The van der Waals surface area contributed by atoms with Crippen molar-refractivity contribution in [2.75, 3.05) is 44.5 Å². The van der Waals surface area contributed by atoms with E-state index < -0.39 is 29.8 Å². The van der Waals surface area contributed by atoms with Gasteiger partial charge in [-0.3, -0.25) is 9.59 Å². The molecule has 1 heterocycles. The molecule has 11 heteroatoms. The van der Waals surface area contributed by atoms with E-state index in [1.54, 1.807) is 31.2 Å². The minimum Gasteiger partial charge on any atom is -0.491 e. The number of carbonyl (C=O) groups excluding carboxylic acids is 3. The highest BCUT2D eigenvalue weighted by molar-refractivity contribution is 6.02. The van der Waals surface area contributed by atoms with Gasteiger partial charge in [-0.25, -0.2) is 13.6 Å². The van der Waals surface area contributed by atoms with Crippen LogP contribution in [0, 0.1) is 17.6 Å². The lowest BCUT2D eigenvalue weighted by Crippen LogP contribution is -2.48. The molecule has 9 nitrogen and oxygen atoms in total. The number of urea groups is 1. The molecule has 4 amide bonds. The third-order valence-electron chi connectivity index (χ3n) is 7.16. The third kappa shape index (κ3) is 7.41. The summed E-state index contributed by atoms with van der Waals surface area (Å²) >= 11 is 0. The normalized spacial score (nSPS) is 19.6. The highest BCUT2D eigenvalue weighted by Gasteiger charge is 2.31. The molecule has 0 aliphatic carbocycles. The molecule has 3 aromatic carbocycles. The van der Waals surface area contributed by atoms with Gasteiger partial charge in [-0.15, -0.1) is 0 Å². The zero-order chi connectivity index (χ0) is 30.4. The topological polar surface area (TPSA) is 100 Å². The zero-order valence-corrected chi connectivity index (χ0v) is 23.9. The first kappa shape index (κ1) is 30.4. The van der Waals surface area contributed by atoms with E-state index >= 15 is 0 Å². The van der Waals surface area contributed by atoms with Crippen molar-refractivity contribution < 1.29 is 32.6 Å². The summed E-state index contributed by atoms with van der Waals surface area (Å²) < 4.78 is 38.5. The molecule has 0 radical (unpaired) electrons. The Kier molecular flexibility index (Phi) is 9.74. The molecule has 0 bridgehead atoms. The van der Waals surface area contributed by atoms with E-state index in [1.807, 2.05) is 13.8 Å². The number of carbonyl (C=O) groups is 3. The maximum atomic E-state index is 13.6. The fourth-order valence-electron chi connectivity index (χ4n) is 4.72. The Hall–Kier alpha value is -4.51. The van der Waals surface area contributed by atoms with Crippen LogP contribution in [0.1, 0.15) is 34.6 Å². The third-order valence-corrected chi connectivity index (χ3v) is 7.16. The molecule has 0 fully saturated rings. The number of amides is 4. The summed E-state index contributed by atoms with van der Waals surface area (Å²) in [6.45, 7) is 4.39. The SMILES string of the molecule is CO[C@@H]1CN(C)C(=O)c2cc(NC(=O)Nc3ccc(F)cc3)ccc2OC[C@@H](C)N(C(=O)c2ccc(F)cc2)C[C@H]1C. The van der Waals surface area contributed by atoms with Crippen molar-refractivity contribution in [2.24, 2.45) is 5.92 Å². The minimum atomic E-state index is -0.576. The summed E-state index contributed by atoms with van der Waals surface area (Å²) in [5, 5.41) is 5.29. The number of likely N-dealkylation sites (N-methyl/N-ethyl adjacent to an activating group) is 1. The van der Waals surface area contributed by atoms with Crippen LogP contribution in [-0.2, 0) is 4.74 Å². The first-order valence-electron chi connectivity index (χ1n) is 13.5.